The third-order valence-corrected chi connectivity index (χ3v) is 10.6. The lowest BCUT2D eigenvalue weighted by Crippen LogP contribution is -2.62. The van der Waals surface area contributed by atoms with Crippen LogP contribution < -0.4 is 21.3 Å². The molecule has 1 aromatic heterocycles. The first-order valence-electron chi connectivity index (χ1n) is 16.9. The van der Waals surface area contributed by atoms with E-state index in [1.165, 1.54) is 27.2 Å². The summed E-state index contributed by atoms with van der Waals surface area (Å²) in [5.74, 6) is -1.26. The molecule has 3 aromatic rings. The monoisotopic (exact) mass is 737 g/mol. The van der Waals surface area contributed by atoms with E-state index >= 15 is 0 Å². The van der Waals surface area contributed by atoms with Gasteiger partial charge in [-0.15, -0.1) is 0 Å². The smallest absolute Gasteiger partial charge is 0.407 e. The lowest BCUT2D eigenvalue weighted by Gasteiger charge is -2.35. The van der Waals surface area contributed by atoms with Gasteiger partial charge in [0.25, 0.3) is 0 Å². The number of amides is 4. The van der Waals surface area contributed by atoms with Gasteiger partial charge in [-0.25, -0.2) is 9.59 Å². The highest BCUT2D eigenvalue weighted by Crippen LogP contribution is 2.24. The van der Waals surface area contributed by atoms with Crippen LogP contribution >= 0.6 is 0 Å². The summed E-state index contributed by atoms with van der Waals surface area (Å²) < 4.78 is 16.1. The number of ether oxygens (including phenoxy) is 1. The van der Waals surface area contributed by atoms with E-state index in [0.29, 0.717) is 0 Å². The molecule has 0 aliphatic carbocycles. The quantitative estimate of drug-likeness (QED) is 0.118. The molecule has 4 amide bonds. The molecule has 1 heterocycles. The maximum atomic E-state index is 13.8. The summed E-state index contributed by atoms with van der Waals surface area (Å²) >= 11 is -1.62. The van der Waals surface area contributed by atoms with Crippen LogP contribution in [0.3, 0.4) is 0 Å². The van der Waals surface area contributed by atoms with E-state index in [4.69, 9.17) is 4.74 Å². The van der Waals surface area contributed by atoms with Gasteiger partial charge in [-0.05, 0) is 73.0 Å². The molecule has 6 N–H and O–H groups in total. The second-order valence-electron chi connectivity index (χ2n) is 14.3. The summed E-state index contributed by atoms with van der Waals surface area (Å²) in [4.78, 5) is 55.9. The molecule has 0 spiro atoms. The van der Waals surface area contributed by atoms with Crippen molar-refractivity contribution in [3.05, 3.63) is 90.1 Å². The van der Waals surface area contributed by atoms with Gasteiger partial charge in [-0.1, -0.05) is 81.4 Å². The zero-order valence-electron chi connectivity index (χ0n) is 30.7. The summed E-state index contributed by atoms with van der Waals surface area (Å²) in [6, 6.07) is 18.3. The van der Waals surface area contributed by atoms with Gasteiger partial charge in [-0.3, -0.25) is 14.6 Å². The predicted molar refractivity (Wildman–Crippen MR) is 200 cm³/mol. The highest BCUT2D eigenvalue weighted by Gasteiger charge is 2.45. The molecule has 2 aromatic carbocycles. The maximum absolute atomic E-state index is 13.8. The molecule has 52 heavy (non-hydrogen) atoms. The van der Waals surface area contributed by atoms with E-state index in [1.807, 2.05) is 72.8 Å². The van der Waals surface area contributed by atoms with Crippen LogP contribution in [0.15, 0.2) is 79.0 Å². The van der Waals surface area contributed by atoms with Crippen molar-refractivity contribution >= 4 is 35.2 Å². The Morgan fingerprint density at radius 3 is 1.94 bits per heavy atom. The average molecular weight is 738 g/mol. The van der Waals surface area contributed by atoms with Crippen molar-refractivity contribution in [3.8, 4) is 11.3 Å². The molecule has 0 radical (unpaired) electrons. The van der Waals surface area contributed by atoms with Crippen LogP contribution in [-0.2, 0) is 38.3 Å². The number of aliphatic hydroxyl groups is 1. The average Bonchev–Trinajstić information content (AvgIpc) is 3.09. The number of methoxy groups -OCH3 is 1. The van der Waals surface area contributed by atoms with Gasteiger partial charge in [0, 0.05) is 17.8 Å². The fourth-order valence-corrected chi connectivity index (χ4v) is 6.18. The van der Waals surface area contributed by atoms with E-state index in [-0.39, 0.29) is 19.3 Å². The number of carbonyl (C=O) groups is 4. The van der Waals surface area contributed by atoms with Crippen LogP contribution in [0.5, 0.6) is 0 Å². The maximum Gasteiger partial charge on any atom is 0.407 e. The number of benzene rings is 2. The van der Waals surface area contributed by atoms with Crippen LogP contribution in [0.2, 0.25) is 0 Å². The van der Waals surface area contributed by atoms with Gasteiger partial charge in [0.05, 0.1) is 31.2 Å². The van der Waals surface area contributed by atoms with Gasteiger partial charge in [0.15, 0.2) is 6.04 Å². The van der Waals surface area contributed by atoms with Crippen LogP contribution in [0.4, 0.5) is 9.59 Å². The Morgan fingerprint density at radius 2 is 1.40 bits per heavy atom. The van der Waals surface area contributed by atoms with E-state index in [0.717, 1.165) is 22.4 Å². The van der Waals surface area contributed by atoms with E-state index in [2.05, 4.69) is 26.3 Å². The number of rotatable bonds is 16. The molecule has 6 atom stereocenters. The number of aromatic nitrogens is 1. The molecule has 0 fully saturated rings. The number of hydrogen-bond donors (Lipinski definition) is 6. The first kappa shape index (κ1) is 41.8. The van der Waals surface area contributed by atoms with Crippen LogP contribution in [0, 0.1) is 5.41 Å². The zero-order chi connectivity index (χ0) is 38.6. The van der Waals surface area contributed by atoms with Crippen LogP contribution in [-0.4, -0.2) is 92.1 Å². The highest BCUT2D eigenvalue weighted by atomic mass is 32.2. The van der Waals surface area contributed by atoms with Crippen molar-refractivity contribution < 1.29 is 38.7 Å². The number of aliphatic hydroxyl groups excluding tert-OH is 1. The molecule has 0 saturated carbocycles. The number of nitrogens with zero attached hydrogens (tertiary/aromatic N) is 1. The van der Waals surface area contributed by atoms with Crippen LogP contribution in [0.1, 0.15) is 52.2 Å². The van der Waals surface area contributed by atoms with Crippen molar-refractivity contribution in [2.45, 2.75) is 88.9 Å². The molecule has 0 saturated heterocycles. The number of hydrogen-bond acceptors (Lipinski definition) is 8. The second kappa shape index (κ2) is 18.7. The van der Waals surface area contributed by atoms with Gasteiger partial charge >= 0.3 is 12.2 Å². The van der Waals surface area contributed by atoms with Crippen molar-refractivity contribution in [1.82, 2.24) is 26.3 Å². The van der Waals surface area contributed by atoms with Gasteiger partial charge in [0.1, 0.15) is 10.8 Å². The Morgan fingerprint density at radius 1 is 0.808 bits per heavy atom. The van der Waals surface area contributed by atoms with E-state index < -0.39 is 75.6 Å². The fraction of sp³-hybridized carbons (Fsp3) is 0.447. The lowest BCUT2D eigenvalue weighted by atomic mass is 9.85. The van der Waals surface area contributed by atoms with Gasteiger partial charge in [0.2, 0.25) is 11.8 Å². The minimum atomic E-state index is -1.62. The number of carboxylic acid groups (broad SMARTS) is 1. The summed E-state index contributed by atoms with van der Waals surface area (Å²) in [5, 5.41) is 32.0. The molecule has 14 heteroatoms. The molecule has 282 valence electrons. The molecule has 0 bridgehead atoms. The standard InChI is InChI=1S/C38H51N5O8S/c1-37(2,3)31(43-36(49)51-6)33(45)40-27(21-25-16-18-26(19-17-25)28-15-11-12-20-39-28)23-30(44)29(22-24-13-9-8-10-14-24)41-34(46)32(42-35(47)48)38(4,5)52(7)50/h8-20,27,29-32,42,44H,21-23H2,1-7H3,(H,40,45)(H,41,46)(H,43,49)(H,47,48)/t27-,29-,30-,31+,32+,52?/m0/s1. The first-order chi connectivity index (χ1) is 24.4. The van der Waals surface area contributed by atoms with E-state index in [9.17, 15) is 33.9 Å². The fourth-order valence-electron chi connectivity index (χ4n) is 5.68. The molecule has 0 aliphatic heterocycles. The Hall–Kier alpha value is -4.66. The Bertz CT molecular complexity index is 1620. The highest BCUT2D eigenvalue weighted by molar-refractivity contribution is 7.92. The Balaban J connectivity index is 1.98. The van der Waals surface area contributed by atoms with Gasteiger partial charge in [-0.2, -0.15) is 0 Å². The summed E-state index contributed by atoms with van der Waals surface area (Å²) in [6.07, 6.45) is -0.0137. The predicted octanol–water partition coefficient (Wildman–Crippen LogP) is 3.82. The summed E-state index contributed by atoms with van der Waals surface area (Å²) in [5.41, 5.74) is 2.60. The van der Waals surface area contributed by atoms with Crippen LogP contribution in [0.25, 0.3) is 11.3 Å². The van der Waals surface area contributed by atoms with E-state index in [1.54, 1.807) is 27.0 Å². The van der Waals surface area contributed by atoms with Gasteiger partial charge < -0.3 is 40.8 Å². The SMILES string of the molecule is COC(=O)N[C@H](C(=O)N[C@@H](Cc1ccc(-c2ccccn2)cc1)C[C@H](O)[C@H](Cc1ccccc1)NC(=O)[C@@H](NC(=O)O)C(C)(C)[S+](C)[O-])C(C)(C)C. The number of alkyl carbamates (subject to hydrolysis) is 1. The van der Waals surface area contributed by atoms with Crippen molar-refractivity contribution in [1.29, 1.82) is 0 Å². The van der Waals surface area contributed by atoms with Crippen molar-refractivity contribution in [2.24, 2.45) is 5.41 Å². The third kappa shape index (κ3) is 12.2. The normalized spacial score (nSPS) is 15.2. The minimum Gasteiger partial charge on any atom is -0.616 e. The number of nitrogens with one attached hydrogen (secondary N) is 4. The van der Waals surface area contributed by atoms with Crippen molar-refractivity contribution in [2.75, 3.05) is 13.4 Å². The summed E-state index contributed by atoms with van der Waals surface area (Å²) in [6.45, 7) is 8.43. The zero-order valence-corrected chi connectivity index (χ0v) is 31.5. The summed E-state index contributed by atoms with van der Waals surface area (Å²) in [7, 11) is 1.21. The van der Waals surface area contributed by atoms with Crippen molar-refractivity contribution in [3.63, 3.8) is 0 Å². The second-order valence-corrected chi connectivity index (χ2v) is 16.3. The molecular weight excluding hydrogens is 687 g/mol. The molecule has 3 rings (SSSR count). The largest absolute Gasteiger partial charge is 0.616 e. The number of pyridine rings is 1. The Kier molecular flexibility index (Phi) is 15.0. The third-order valence-electron chi connectivity index (χ3n) is 8.90. The Labute approximate surface area is 308 Å². The topological polar surface area (TPSA) is 202 Å². The molecular formula is C38H51N5O8S. The molecule has 1 unspecified atom stereocenters. The molecule has 13 nitrogen and oxygen atoms in total. The minimum absolute atomic E-state index is 0.0409. The lowest BCUT2D eigenvalue weighted by molar-refractivity contribution is -0.127. The molecule has 0 aliphatic rings. The first-order valence-corrected chi connectivity index (χ1v) is 18.5. The number of carbonyl (C=O) groups excluding carboxylic acids is 3.